The highest BCUT2D eigenvalue weighted by Gasteiger charge is 2.52. The molecule has 0 aromatic carbocycles. The minimum absolute atomic E-state index is 0. The summed E-state index contributed by atoms with van der Waals surface area (Å²) >= 11 is 2.00. The Morgan fingerprint density at radius 1 is 1.35 bits per heavy atom. The summed E-state index contributed by atoms with van der Waals surface area (Å²) in [4.78, 5) is 15.3. The van der Waals surface area contributed by atoms with E-state index in [1.807, 2.05) is 11.8 Å². The van der Waals surface area contributed by atoms with Crippen molar-refractivity contribution in [3.05, 3.63) is 0 Å². The smallest absolute Gasteiger partial charge is 0.230 e. The third kappa shape index (κ3) is 2.84. The lowest BCUT2D eigenvalue weighted by molar-refractivity contribution is -0.145. The Morgan fingerprint density at radius 2 is 2.15 bits per heavy atom. The summed E-state index contributed by atoms with van der Waals surface area (Å²) in [5, 5.41) is 3.49. The van der Waals surface area contributed by atoms with Crippen LogP contribution in [0.4, 0.5) is 0 Å². The number of carbonyl (C=O) groups is 1. The van der Waals surface area contributed by atoms with Crippen LogP contribution < -0.4 is 5.32 Å². The number of halogens is 1. The molecule has 3 rings (SSSR count). The number of nitrogens with one attached hydrogen (secondary N) is 1. The van der Waals surface area contributed by atoms with Gasteiger partial charge in [-0.1, -0.05) is 12.8 Å². The zero-order chi connectivity index (χ0) is 13.5. The van der Waals surface area contributed by atoms with E-state index in [4.69, 9.17) is 0 Å². The maximum Gasteiger partial charge on any atom is 0.230 e. The SMILES string of the molecule is CC1(C)CN(C(=O)[C@@]23CCCC[C@H]2CNC3)CCS1.Cl. The second-order valence-electron chi connectivity index (χ2n) is 7.06. The van der Waals surface area contributed by atoms with Gasteiger partial charge in [-0.15, -0.1) is 12.4 Å². The molecule has 1 amide bonds. The second-order valence-corrected chi connectivity index (χ2v) is 8.87. The van der Waals surface area contributed by atoms with Gasteiger partial charge in [-0.05, 0) is 39.2 Å². The molecule has 0 bridgehead atoms. The summed E-state index contributed by atoms with van der Waals surface area (Å²) in [6.45, 7) is 8.37. The summed E-state index contributed by atoms with van der Waals surface area (Å²) in [5.74, 6) is 2.13. The Kier molecular flexibility index (Phi) is 4.98. The van der Waals surface area contributed by atoms with Crippen LogP contribution in [0.2, 0.25) is 0 Å². The molecule has 1 saturated carbocycles. The van der Waals surface area contributed by atoms with Gasteiger partial charge >= 0.3 is 0 Å². The topological polar surface area (TPSA) is 32.3 Å². The molecule has 0 aromatic rings. The van der Waals surface area contributed by atoms with Gasteiger partial charge in [0, 0.05) is 30.1 Å². The lowest BCUT2D eigenvalue weighted by atomic mass is 9.67. The molecule has 3 nitrogen and oxygen atoms in total. The van der Waals surface area contributed by atoms with Crippen LogP contribution in [0.15, 0.2) is 0 Å². The third-order valence-electron chi connectivity index (χ3n) is 5.18. The van der Waals surface area contributed by atoms with Gasteiger partial charge in [0.05, 0.1) is 5.41 Å². The molecule has 2 saturated heterocycles. The first-order valence-electron chi connectivity index (χ1n) is 7.68. The minimum atomic E-state index is -0.0592. The van der Waals surface area contributed by atoms with Crippen LogP contribution in [0.3, 0.4) is 0 Å². The van der Waals surface area contributed by atoms with Crippen LogP contribution in [0.5, 0.6) is 0 Å². The van der Waals surface area contributed by atoms with Gasteiger partial charge < -0.3 is 10.2 Å². The fourth-order valence-electron chi connectivity index (χ4n) is 4.17. The summed E-state index contributed by atoms with van der Waals surface area (Å²) in [6, 6.07) is 0. The number of carbonyl (C=O) groups excluding carboxylic acids is 1. The first kappa shape index (κ1) is 16.4. The van der Waals surface area contributed by atoms with Crippen LogP contribution in [-0.4, -0.2) is 47.5 Å². The fourth-order valence-corrected chi connectivity index (χ4v) is 5.28. The maximum absolute atomic E-state index is 13.1. The number of thioether (sulfide) groups is 1. The van der Waals surface area contributed by atoms with E-state index in [1.165, 1.54) is 19.3 Å². The number of fused-ring (bicyclic) bond motifs is 1. The van der Waals surface area contributed by atoms with Gasteiger partial charge in [0.25, 0.3) is 0 Å². The average Bonchev–Trinajstić information content (AvgIpc) is 2.81. The third-order valence-corrected chi connectivity index (χ3v) is 6.47. The Morgan fingerprint density at radius 3 is 2.90 bits per heavy atom. The fraction of sp³-hybridized carbons (Fsp3) is 0.933. The van der Waals surface area contributed by atoms with Gasteiger partial charge in [0.2, 0.25) is 5.91 Å². The molecule has 3 fully saturated rings. The van der Waals surface area contributed by atoms with Crippen molar-refractivity contribution in [3.63, 3.8) is 0 Å². The molecule has 2 aliphatic heterocycles. The number of amides is 1. The van der Waals surface area contributed by atoms with Gasteiger partial charge in [0.1, 0.15) is 0 Å². The van der Waals surface area contributed by atoms with Crippen molar-refractivity contribution in [1.82, 2.24) is 10.2 Å². The van der Waals surface area contributed by atoms with Gasteiger partial charge in [-0.3, -0.25) is 4.79 Å². The lowest BCUT2D eigenvalue weighted by Crippen LogP contribution is -2.55. The molecule has 2 heterocycles. The minimum Gasteiger partial charge on any atom is -0.340 e. The normalized spacial score (nSPS) is 36.1. The maximum atomic E-state index is 13.1. The molecule has 1 aliphatic carbocycles. The van der Waals surface area contributed by atoms with E-state index in [0.717, 1.165) is 38.4 Å². The van der Waals surface area contributed by atoms with Crippen LogP contribution in [0, 0.1) is 11.3 Å². The second kappa shape index (κ2) is 6.05. The average molecular weight is 319 g/mol. The van der Waals surface area contributed by atoms with Gasteiger partial charge in [-0.2, -0.15) is 11.8 Å². The zero-order valence-electron chi connectivity index (χ0n) is 12.6. The molecule has 5 heteroatoms. The van der Waals surface area contributed by atoms with Crippen molar-refractivity contribution < 1.29 is 4.79 Å². The van der Waals surface area contributed by atoms with Crippen molar-refractivity contribution >= 4 is 30.1 Å². The highest BCUT2D eigenvalue weighted by atomic mass is 35.5. The van der Waals surface area contributed by atoms with E-state index in [1.54, 1.807) is 0 Å². The van der Waals surface area contributed by atoms with E-state index in [9.17, 15) is 4.79 Å². The molecule has 0 aromatic heterocycles. The predicted molar refractivity (Wildman–Crippen MR) is 87.6 cm³/mol. The first-order valence-corrected chi connectivity index (χ1v) is 8.66. The Hall–Kier alpha value is 0.0700. The zero-order valence-corrected chi connectivity index (χ0v) is 14.2. The summed E-state index contributed by atoms with van der Waals surface area (Å²) in [5.41, 5.74) is -0.0592. The highest BCUT2D eigenvalue weighted by Crippen LogP contribution is 2.46. The van der Waals surface area contributed by atoms with Crippen LogP contribution in [0.25, 0.3) is 0 Å². The number of rotatable bonds is 1. The monoisotopic (exact) mass is 318 g/mol. The van der Waals surface area contributed by atoms with Crippen molar-refractivity contribution in [3.8, 4) is 0 Å². The van der Waals surface area contributed by atoms with E-state index < -0.39 is 0 Å². The van der Waals surface area contributed by atoms with Crippen LogP contribution >= 0.6 is 24.2 Å². The van der Waals surface area contributed by atoms with Crippen LogP contribution in [0.1, 0.15) is 39.5 Å². The van der Waals surface area contributed by atoms with Crippen molar-refractivity contribution in [1.29, 1.82) is 0 Å². The molecular weight excluding hydrogens is 292 g/mol. The molecule has 0 spiro atoms. The van der Waals surface area contributed by atoms with Crippen molar-refractivity contribution in [2.24, 2.45) is 11.3 Å². The molecule has 2 atom stereocenters. The molecule has 116 valence electrons. The van der Waals surface area contributed by atoms with E-state index in [0.29, 0.717) is 11.8 Å². The molecule has 1 N–H and O–H groups in total. The molecule has 3 aliphatic rings. The lowest BCUT2D eigenvalue weighted by Gasteiger charge is -2.45. The van der Waals surface area contributed by atoms with E-state index in [-0.39, 0.29) is 22.6 Å². The Bertz CT molecular complexity index is 377. The largest absolute Gasteiger partial charge is 0.340 e. The van der Waals surface area contributed by atoms with Gasteiger partial charge in [0.15, 0.2) is 0 Å². The molecule has 0 unspecified atom stereocenters. The quantitative estimate of drug-likeness (QED) is 0.806. The molecule has 20 heavy (non-hydrogen) atoms. The Balaban J connectivity index is 0.00000147. The van der Waals surface area contributed by atoms with Crippen molar-refractivity contribution in [2.45, 2.75) is 44.3 Å². The summed E-state index contributed by atoms with van der Waals surface area (Å²) in [6.07, 6.45) is 4.89. The van der Waals surface area contributed by atoms with Crippen molar-refractivity contribution in [2.75, 3.05) is 31.9 Å². The van der Waals surface area contributed by atoms with E-state index in [2.05, 4.69) is 24.1 Å². The van der Waals surface area contributed by atoms with Gasteiger partial charge in [-0.25, -0.2) is 0 Å². The Labute approximate surface area is 133 Å². The summed E-state index contributed by atoms with van der Waals surface area (Å²) in [7, 11) is 0. The first-order chi connectivity index (χ1) is 9.04. The number of hydrogen-bond acceptors (Lipinski definition) is 3. The standard InChI is InChI=1S/C15H26N2OS.ClH/c1-14(2)11-17(7-8-19-14)13(18)15-6-4-3-5-12(15)9-16-10-15;/h12,16H,3-11H2,1-2H3;1H/t12-,15+;/m0./s1. The molecular formula is C15H27ClN2OS. The number of nitrogens with zero attached hydrogens (tertiary/aromatic N) is 1. The molecule has 0 radical (unpaired) electrons. The number of hydrogen-bond donors (Lipinski definition) is 1. The predicted octanol–water partition coefficient (Wildman–Crippen LogP) is 2.54. The van der Waals surface area contributed by atoms with E-state index >= 15 is 0 Å². The van der Waals surface area contributed by atoms with Crippen LogP contribution in [-0.2, 0) is 4.79 Å². The summed E-state index contributed by atoms with van der Waals surface area (Å²) < 4.78 is 0.223. The highest BCUT2D eigenvalue weighted by molar-refractivity contribution is 8.00.